The number of hydrogen-bond donors (Lipinski definition) is 2. The van der Waals surface area contributed by atoms with Crippen LogP contribution in [0.3, 0.4) is 0 Å². The van der Waals surface area contributed by atoms with Gasteiger partial charge in [0.05, 0.1) is 12.0 Å². The molecule has 1 aliphatic carbocycles. The molecule has 35 heavy (non-hydrogen) atoms. The predicted molar refractivity (Wildman–Crippen MR) is 130 cm³/mol. The number of fused-ring (bicyclic) bond motifs is 3. The standard InChI is InChI=1S/C27H32N2O6/c1-26(24(31)32)12-14-29(15-13-26)23(30)27(2,17-34-3)28-25(33)35-16-22-20-10-6-4-8-18(20)19-9-5-7-11-21(19)22/h4-11,22H,12-17H2,1-3H3,(H,28,33)(H,31,32). The third-order valence-corrected chi connectivity index (χ3v) is 7.30. The van der Waals surface area contributed by atoms with E-state index in [4.69, 9.17) is 9.47 Å². The lowest BCUT2D eigenvalue weighted by Crippen LogP contribution is -2.62. The molecule has 8 heteroatoms. The van der Waals surface area contributed by atoms with Crippen molar-refractivity contribution in [2.75, 3.05) is 33.4 Å². The second kappa shape index (κ2) is 9.70. The lowest BCUT2D eigenvalue weighted by molar-refractivity contribution is -0.154. The summed E-state index contributed by atoms with van der Waals surface area (Å²) in [5.74, 6) is -1.27. The van der Waals surface area contributed by atoms with Crippen molar-refractivity contribution in [1.29, 1.82) is 0 Å². The maximum Gasteiger partial charge on any atom is 0.408 e. The number of ether oxygens (including phenoxy) is 2. The second-order valence-electron chi connectivity index (χ2n) is 9.87. The molecule has 0 bridgehead atoms. The molecule has 1 saturated heterocycles. The summed E-state index contributed by atoms with van der Waals surface area (Å²) in [5, 5.41) is 12.2. The first-order valence-electron chi connectivity index (χ1n) is 11.8. The summed E-state index contributed by atoms with van der Waals surface area (Å²) in [6.07, 6.45) is -0.00315. The highest BCUT2D eigenvalue weighted by molar-refractivity contribution is 5.90. The van der Waals surface area contributed by atoms with Gasteiger partial charge in [-0.2, -0.15) is 0 Å². The first-order chi connectivity index (χ1) is 16.7. The van der Waals surface area contributed by atoms with Crippen molar-refractivity contribution < 1.29 is 29.0 Å². The average molecular weight is 481 g/mol. The number of amides is 2. The van der Waals surface area contributed by atoms with Crippen molar-refractivity contribution >= 4 is 18.0 Å². The fourth-order valence-corrected chi connectivity index (χ4v) is 5.07. The minimum Gasteiger partial charge on any atom is -0.481 e. The number of carboxylic acid groups (broad SMARTS) is 1. The lowest BCUT2D eigenvalue weighted by Gasteiger charge is -2.40. The quantitative estimate of drug-likeness (QED) is 0.627. The van der Waals surface area contributed by atoms with Gasteiger partial charge in [-0.1, -0.05) is 48.5 Å². The number of likely N-dealkylation sites (tertiary alicyclic amines) is 1. The summed E-state index contributed by atoms with van der Waals surface area (Å²) in [6, 6.07) is 16.1. The molecular formula is C27H32N2O6. The zero-order valence-corrected chi connectivity index (χ0v) is 20.4. The molecule has 2 aromatic rings. The zero-order valence-electron chi connectivity index (χ0n) is 20.4. The Labute approximate surface area is 205 Å². The van der Waals surface area contributed by atoms with Crippen LogP contribution in [-0.4, -0.2) is 66.9 Å². The van der Waals surface area contributed by atoms with Crippen molar-refractivity contribution in [2.45, 2.75) is 38.1 Å². The number of rotatable bonds is 7. The van der Waals surface area contributed by atoms with Gasteiger partial charge in [-0.15, -0.1) is 0 Å². The molecule has 1 heterocycles. The lowest BCUT2D eigenvalue weighted by atomic mass is 9.80. The van der Waals surface area contributed by atoms with Crippen LogP contribution in [-0.2, 0) is 19.1 Å². The smallest absolute Gasteiger partial charge is 0.408 e. The Hall–Kier alpha value is -3.39. The summed E-state index contributed by atoms with van der Waals surface area (Å²) in [5.41, 5.74) is 2.28. The van der Waals surface area contributed by atoms with Gasteiger partial charge >= 0.3 is 12.1 Å². The molecule has 1 unspecified atom stereocenters. The van der Waals surface area contributed by atoms with Gasteiger partial charge in [-0.3, -0.25) is 9.59 Å². The van der Waals surface area contributed by atoms with E-state index in [9.17, 15) is 19.5 Å². The van der Waals surface area contributed by atoms with Gasteiger partial charge in [-0.25, -0.2) is 4.79 Å². The molecule has 0 saturated carbocycles. The van der Waals surface area contributed by atoms with Crippen LogP contribution in [0, 0.1) is 5.41 Å². The van der Waals surface area contributed by atoms with Crippen molar-refractivity contribution in [2.24, 2.45) is 5.41 Å². The van der Waals surface area contributed by atoms with E-state index in [0.29, 0.717) is 25.9 Å². The highest BCUT2D eigenvalue weighted by atomic mass is 16.5. The largest absolute Gasteiger partial charge is 0.481 e. The van der Waals surface area contributed by atoms with Gasteiger partial charge < -0.3 is 24.8 Å². The third-order valence-electron chi connectivity index (χ3n) is 7.30. The molecule has 8 nitrogen and oxygen atoms in total. The average Bonchev–Trinajstić information content (AvgIpc) is 3.16. The molecule has 2 aromatic carbocycles. The fraction of sp³-hybridized carbons (Fsp3) is 0.444. The van der Waals surface area contributed by atoms with Crippen LogP contribution in [0.4, 0.5) is 4.79 Å². The number of carbonyl (C=O) groups is 3. The first-order valence-corrected chi connectivity index (χ1v) is 11.8. The van der Waals surface area contributed by atoms with Gasteiger partial charge in [0, 0.05) is 26.1 Å². The van der Waals surface area contributed by atoms with E-state index in [2.05, 4.69) is 17.4 Å². The van der Waals surface area contributed by atoms with Crippen LogP contribution in [0.1, 0.15) is 43.7 Å². The normalized spacial score (nSPS) is 18.2. The number of nitrogens with zero attached hydrogens (tertiary/aromatic N) is 1. The van der Waals surface area contributed by atoms with Crippen molar-refractivity contribution in [1.82, 2.24) is 10.2 Å². The molecule has 2 N–H and O–H groups in total. The van der Waals surface area contributed by atoms with E-state index < -0.39 is 23.0 Å². The Balaban J connectivity index is 1.42. The number of carboxylic acids is 1. The summed E-state index contributed by atoms with van der Waals surface area (Å²) < 4.78 is 10.9. The molecule has 2 amide bonds. The van der Waals surface area contributed by atoms with E-state index in [0.717, 1.165) is 22.3 Å². The molecule has 0 aromatic heterocycles. The number of alkyl carbamates (subject to hydrolysis) is 1. The van der Waals surface area contributed by atoms with Crippen LogP contribution < -0.4 is 5.32 Å². The van der Waals surface area contributed by atoms with E-state index in [-0.39, 0.29) is 25.0 Å². The number of piperidine rings is 1. The van der Waals surface area contributed by atoms with Crippen LogP contribution >= 0.6 is 0 Å². The Kier molecular flexibility index (Phi) is 6.85. The highest BCUT2D eigenvalue weighted by Gasteiger charge is 2.44. The second-order valence-corrected chi connectivity index (χ2v) is 9.87. The maximum absolute atomic E-state index is 13.3. The summed E-state index contributed by atoms with van der Waals surface area (Å²) in [4.78, 5) is 39.3. The fourth-order valence-electron chi connectivity index (χ4n) is 5.07. The van der Waals surface area contributed by atoms with Gasteiger partial charge in [0.25, 0.3) is 5.91 Å². The number of hydrogen-bond acceptors (Lipinski definition) is 5. The molecular weight excluding hydrogens is 448 g/mol. The topological polar surface area (TPSA) is 105 Å². The van der Waals surface area contributed by atoms with E-state index in [1.807, 2.05) is 36.4 Å². The first kappa shape index (κ1) is 24.7. The highest BCUT2D eigenvalue weighted by Crippen LogP contribution is 2.44. The van der Waals surface area contributed by atoms with Crippen molar-refractivity contribution in [3.05, 3.63) is 59.7 Å². The molecule has 0 spiro atoms. The van der Waals surface area contributed by atoms with Gasteiger partial charge in [0.1, 0.15) is 12.1 Å². The minimum atomic E-state index is -1.34. The Morgan fingerprint density at radius 2 is 1.60 bits per heavy atom. The number of nitrogens with one attached hydrogen (secondary N) is 1. The summed E-state index contributed by atoms with van der Waals surface area (Å²) >= 11 is 0. The number of aliphatic carboxylic acids is 1. The molecule has 1 aliphatic heterocycles. The summed E-state index contributed by atoms with van der Waals surface area (Å²) in [7, 11) is 1.46. The van der Waals surface area contributed by atoms with E-state index in [1.54, 1.807) is 18.7 Å². The third kappa shape index (κ3) is 4.75. The van der Waals surface area contributed by atoms with Crippen molar-refractivity contribution in [3.8, 4) is 11.1 Å². The zero-order chi connectivity index (χ0) is 25.2. The predicted octanol–water partition coefficient (Wildman–Crippen LogP) is 3.64. The Morgan fingerprint density at radius 1 is 1.06 bits per heavy atom. The van der Waals surface area contributed by atoms with Crippen molar-refractivity contribution in [3.63, 3.8) is 0 Å². The number of methoxy groups -OCH3 is 1. The Morgan fingerprint density at radius 3 is 2.11 bits per heavy atom. The van der Waals surface area contributed by atoms with Gasteiger partial charge in [0.15, 0.2) is 0 Å². The SMILES string of the molecule is COCC(C)(NC(=O)OCC1c2ccccc2-c2ccccc21)C(=O)N1CCC(C)(C(=O)O)CC1. The molecule has 1 fully saturated rings. The van der Waals surface area contributed by atoms with Gasteiger partial charge in [-0.05, 0) is 48.9 Å². The van der Waals surface area contributed by atoms with E-state index in [1.165, 1.54) is 7.11 Å². The molecule has 4 rings (SSSR count). The van der Waals surface area contributed by atoms with Crippen LogP contribution in [0.15, 0.2) is 48.5 Å². The monoisotopic (exact) mass is 480 g/mol. The maximum atomic E-state index is 13.3. The molecule has 1 atom stereocenters. The van der Waals surface area contributed by atoms with E-state index >= 15 is 0 Å². The van der Waals surface area contributed by atoms with Crippen LogP contribution in [0.5, 0.6) is 0 Å². The molecule has 186 valence electrons. The molecule has 0 radical (unpaired) electrons. The number of benzene rings is 2. The van der Waals surface area contributed by atoms with Crippen LogP contribution in [0.2, 0.25) is 0 Å². The summed E-state index contributed by atoms with van der Waals surface area (Å²) in [6.45, 7) is 3.99. The Bertz CT molecular complexity index is 1080. The van der Waals surface area contributed by atoms with Crippen LogP contribution in [0.25, 0.3) is 11.1 Å². The minimum absolute atomic E-state index is 0.0390. The van der Waals surface area contributed by atoms with Gasteiger partial charge in [0.2, 0.25) is 0 Å². The number of carbonyl (C=O) groups excluding carboxylic acids is 2. The molecule has 2 aliphatic rings.